The van der Waals surface area contributed by atoms with Crippen LogP contribution < -0.4 is 5.73 Å². The van der Waals surface area contributed by atoms with Gasteiger partial charge in [0, 0.05) is 6.04 Å². The lowest BCUT2D eigenvalue weighted by Crippen LogP contribution is -2.31. The largest absolute Gasteiger partial charge is 0.328 e. The molecule has 0 aromatic heterocycles. The minimum absolute atomic E-state index is 0.426. The van der Waals surface area contributed by atoms with E-state index in [9.17, 15) is 0 Å². The standard InChI is InChI=1S/C14H30N2/c1-3-6-14(15)9-12-16-10-5-7-13(4-2)8-11-16/h13-14H,3-12,15H2,1-2H3. The van der Waals surface area contributed by atoms with Crippen LogP contribution in [0.1, 0.15) is 58.8 Å². The molecular weight excluding hydrogens is 196 g/mol. The molecule has 2 N–H and O–H groups in total. The molecule has 1 saturated heterocycles. The lowest BCUT2D eigenvalue weighted by Gasteiger charge is -2.22. The van der Waals surface area contributed by atoms with Gasteiger partial charge in [0.1, 0.15) is 0 Å². The maximum atomic E-state index is 6.07. The van der Waals surface area contributed by atoms with Gasteiger partial charge in [0.25, 0.3) is 0 Å². The van der Waals surface area contributed by atoms with Crippen LogP contribution in [0, 0.1) is 5.92 Å². The Morgan fingerprint density at radius 1 is 1.19 bits per heavy atom. The van der Waals surface area contributed by atoms with Crippen LogP contribution in [-0.2, 0) is 0 Å². The maximum absolute atomic E-state index is 6.07. The minimum atomic E-state index is 0.426. The zero-order valence-electron chi connectivity index (χ0n) is 11.3. The Kier molecular flexibility index (Phi) is 7.06. The van der Waals surface area contributed by atoms with Crippen molar-refractivity contribution >= 4 is 0 Å². The molecule has 0 saturated carbocycles. The van der Waals surface area contributed by atoms with E-state index in [0.29, 0.717) is 6.04 Å². The lowest BCUT2D eigenvalue weighted by atomic mass is 9.98. The van der Waals surface area contributed by atoms with Crippen molar-refractivity contribution in [2.75, 3.05) is 19.6 Å². The molecule has 1 rings (SSSR count). The van der Waals surface area contributed by atoms with Crippen LogP contribution in [-0.4, -0.2) is 30.6 Å². The third-order valence-electron chi connectivity index (χ3n) is 3.99. The average molecular weight is 226 g/mol. The van der Waals surface area contributed by atoms with Crippen LogP contribution in [0.15, 0.2) is 0 Å². The van der Waals surface area contributed by atoms with Gasteiger partial charge in [-0.15, -0.1) is 0 Å². The molecule has 1 aliphatic rings. The highest BCUT2D eigenvalue weighted by molar-refractivity contribution is 4.71. The molecule has 96 valence electrons. The van der Waals surface area contributed by atoms with Crippen molar-refractivity contribution in [3.63, 3.8) is 0 Å². The van der Waals surface area contributed by atoms with Gasteiger partial charge >= 0.3 is 0 Å². The fourth-order valence-electron chi connectivity index (χ4n) is 2.72. The van der Waals surface area contributed by atoms with E-state index in [4.69, 9.17) is 5.73 Å². The SMILES string of the molecule is CCCC(N)CCN1CCCC(CC)CC1. The van der Waals surface area contributed by atoms with Crippen molar-refractivity contribution in [3.05, 3.63) is 0 Å². The molecule has 2 atom stereocenters. The van der Waals surface area contributed by atoms with E-state index in [0.717, 1.165) is 5.92 Å². The summed E-state index contributed by atoms with van der Waals surface area (Å²) in [7, 11) is 0. The zero-order chi connectivity index (χ0) is 11.8. The Labute approximate surface area is 102 Å². The lowest BCUT2D eigenvalue weighted by molar-refractivity contribution is 0.266. The van der Waals surface area contributed by atoms with Crippen molar-refractivity contribution < 1.29 is 0 Å². The van der Waals surface area contributed by atoms with E-state index in [1.54, 1.807) is 0 Å². The summed E-state index contributed by atoms with van der Waals surface area (Å²) in [5.41, 5.74) is 6.07. The summed E-state index contributed by atoms with van der Waals surface area (Å²) in [5.74, 6) is 0.981. The third-order valence-corrected chi connectivity index (χ3v) is 3.99. The first kappa shape index (κ1) is 14.0. The molecule has 0 aromatic rings. The Balaban J connectivity index is 2.17. The van der Waals surface area contributed by atoms with E-state index in [1.165, 1.54) is 64.6 Å². The predicted octanol–water partition coefficient (Wildman–Crippen LogP) is 3.02. The van der Waals surface area contributed by atoms with Crippen molar-refractivity contribution in [1.29, 1.82) is 0 Å². The molecule has 0 radical (unpaired) electrons. The molecule has 1 heterocycles. The highest BCUT2D eigenvalue weighted by atomic mass is 15.1. The van der Waals surface area contributed by atoms with Gasteiger partial charge in [0.05, 0.1) is 0 Å². The van der Waals surface area contributed by atoms with Gasteiger partial charge in [-0.2, -0.15) is 0 Å². The summed E-state index contributed by atoms with van der Waals surface area (Å²) in [6.07, 6.45) is 9.19. The van der Waals surface area contributed by atoms with Gasteiger partial charge in [0.2, 0.25) is 0 Å². The number of likely N-dealkylation sites (tertiary alicyclic amines) is 1. The fourth-order valence-corrected chi connectivity index (χ4v) is 2.72. The molecule has 0 bridgehead atoms. The van der Waals surface area contributed by atoms with Gasteiger partial charge in [-0.05, 0) is 57.7 Å². The highest BCUT2D eigenvalue weighted by Gasteiger charge is 2.15. The normalized spacial score (nSPS) is 25.3. The smallest absolute Gasteiger partial charge is 0.00509 e. The van der Waals surface area contributed by atoms with Crippen LogP contribution in [0.2, 0.25) is 0 Å². The van der Waals surface area contributed by atoms with Gasteiger partial charge < -0.3 is 10.6 Å². The second-order valence-electron chi connectivity index (χ2n) is 5.38. The molecule has 2 unspecified atom stereocenters. The van der Waals surface area contributed by atoms with Crippen molar-refractivity contribution in [2.45, 2.75) is 64.8 Å². The number of hydrogen-bond acceptors (Lipinski definition) is 2. The third kappa shape index (κ3) is 5.31. The highest BCUT2D eigenvalue weighted by Crippen LogP contribution is 2.20. The predicted molar refractivity (Wildman–Crippen MR) is 71.6 cm³/mol. The zero-order valence-corrected chi connectivity index (χ0v) is 11.3. The molecule has 0 aromatic carbocycles. The summed E-state index contributed by atoms with van der Waals surface area (Å²) in [5, 5.41) is 0. The monoisotopic (exact) mass is 226 g/mol. The molecule has 2 heteroatoms. The number of rotatable bonds is 6. The van der Waals surface area contributed by atoms with Crippen LogP contribution in [0.4, 0.5) is 0 Å². The van der Waals surface area contributed by atoms with Crippen LogP contribution >= 0.6 is 0 Å². The molecule has 0 aliphatic carbocycles. The Bertz CT molecular complexity index is 170. The molecule has 0 amide bonds. The molecule has 1 aliphatic heterocycles. The van der Waals surface area contributed by atoms with E-state index in [2.05, 4.69) is 18.7 Å². The van der Waals surface area contributed by atoms with Gasteiger partial charge in [-0.3, -0.25) is 0 Å². The first-order valence-electron chi connectivity index (χ1n) is 7.24. The summed E-state index contributed by atoms with van der Waals surface area (Å²) >= 11 is 0. The Hall–Kier alpha value is -0.0800. The summed E-state index contributed by atoms with van der Waals surface area (Å²) in [4.78, 5) is 2.63. The van der Waals surface area contributed by atoms with Crippen LogP contribution in [0.5, 0.6) is 0 Å². The van der Waals surface area contributed by atoms with E-state index >= 15 is 0 Å². The number of nitrogens with two attached hydrogens (primary N) is 1. The molecule has 0 spiro atoms. The van der Waals surface area contributed by atoms with Crippen molar-refractivity contribution in [3.8, 4) is 0 Å². The first-order valence-corrected chi connectivity index (χ1v) is 7.24. The van der Waals surface area contributed by atoms with E-state index in [-0.39, 0.29) is 0 Å². The average Bonchev–Trinajstić information content (AvgIpc) is 2.51. The van der Waals surface area contributed by atoms with Gasteiger partial charge in [-0.25, -0.2) is 0 Å². The van der Waals surface area contributed by atoms with Gasteiger partial charge in [-0.1, -0.05) is 26.7 Å². The minimum Gasteiger partial charge on any atom is -0.328 e. The molecule has 1 fully saturated rings. The summed E-state index contributed by atoms with van der Waals surface area (Å²) in [6.45, 7) is 8.37. The number of nitrogens with zero attached hydrogens (tertiary/aromatic N) is 1. The van der Waals surface area contributed by atoms with E-state index < -0.39 is 0 Å². The van der Waals surface area contributed by atoms with E-state index in [1.807, 2.05) is 0 Å². The van der Waals surface area contributed by atoms with Crippen molar-refractivity contribution in [2.24, 2.45) is 11.7 Å². The molecule has 16 heavy (non-hydrogen) atoms. The van der Waals surface area contributed by atoms with Crippen molar-refractivity contribution in [1.82, 2.24) is 4.90 Å². The molecule has 2 nitrogen and oxygen atoms in total. The summed E-state index contributed by atoms with van der Waals surface area (Å²) in [6, 6.07) is 0.426. The maximum Gasteiger partial charge on any atom is 0.00509 e. The molecular formula is C14H30N2. The first-order chi connectivity index (χ1) is 7.76. The quantitative estimate of drug-likeness (QED) is 0.754. The Morgan fingerprint density at radius 2 is 2.00 bits per heavy atom. The summed E-state index contributed by atoms with van der Waals surface area (Å²) < 4.78 is 0. The second-order valence-corrected chi connectivity index (χ2v) is 5.38. The van der Waals surface area contributed by atoms with Gasteiger partial charge in [0.15, 0.2) is 0 Å². The number of hydrogen-bond donors (Lipinski definition) is 1. The van der Waals surface area contributed by atoms with Crippen LogP contribution in [0.25, 0.3) is 0 Å². The fraction of sp³-hybridized carbons (Fsp3) is 1.00. The second kappa shape index (κ2) is 8.08. The Morgan fingerprint density at radius 3 is 2.69 bits per heavy atom. The van der Waals surface area contributed by atoms with Crippen LogP contribution in [0.3, 0.4) is 0 Å². The topological polar surface area (TPSA) is 29.3 Å².